The van der Waals surface area contributed by atoms with Crippen LogP contribution in [0.15, 0.2) is 30.3 Å². The number of ether oxygens (including phenoxy) is 2. The number of nitrogens with two attached hydrogens (primary N) is 1. The number of primary amides is 1. The predicted octanol–water partition coefficient (Wildman–Crippen LogP) is 1.59. The van der Waals surface area contributed by atoms with E-state index in [9.17, 15) is 9.59 Å². The molecule has 0 unspecified atom stereocenters. The van der Waals surface area contributed by atoms with Crippen molar-refractivity contribution in [2.45, 2.75) is 25.9 Å². The van der Waals surface area contributed by atoms with Crippen LogP contribution in [0.3, 0.4) is 0 Å². The summed E-state index contributed by atoms with van der Waals surface area (Å²) >= 11 is 0. The van der Waals surface area contributed by atoms with Crippen LogP contribution in [0, 0.1) is 0 Å². The molecule has 0 aliphatic carbocycles. The molecule has 24 heavy (non-hydrogen) atoms. The van der Waals surface area contributed by atoms with Crippen molar-refractivity contribution in [2.24, 2.45) is 5.73 Å². The first-order valence-corrected chi connectivity index (χ1v) is 8.18. The molecule has 0 saturated carbocycles. The lowest BCUT2D eigenvalue weighted by molar-refractivity contribution is -0.128. The smallest absolute Gasteiger partial charge is 0.255 e. The van der Waals surface area contributed by atoms with Gasteiger partial charge >= 0.3 is 0 Å². The van der Waals surface area contributed by atoms with Crippen LogP contribution >= 0.6 is 0 Å². The first-order valence-electron chi connectivity index (χ1n) is 8.18. The second-order valence-electron chi connectivity index (χ2n) is 5.64. The summed E-state index contributed by atoms with van der Waals surface area (Å²) in [6, 6.07) is 7.12. The average Bonchev–Trinajstić information content (AvgIpc) is 2.59. The van der Waals surface area contributed by atoms with E-state index in [1.807, 2.05) is 24.0 Å². The highest BCUT2D eigenvalue weighted by atomic mass is 16.5. The van der Waals surface area contributed by atoms with E-state index in [0.29, 0.717) is 5.75 Å². The zero-order valence-corrected chi connectivity index (χ0v) is 13.9. The number of amides is 2. The molecule has 1 saturated heterocycles. The molecule has 0 radical (unpaired) electrons. The highest BCUT2D eigenvalue weighted by Crippen LogP contribution is 2.15. The number of nitrogens with zero attached hydrogens (tertiary/aromatic N) is 1. The van der Waals surface area contributed by atoms with Gasteiger partial charge in [-0.25, -0.2) is 0 Å². The summed E-state index contributed by atoms with van der Waals surface area (Å²) in [5, 5.41) is 0. The summed E-state index contributed by atoms with van der Waals surface area (Å²) < 4.78 is 10.8. The van der Waals surface area contributed by atoms with Gasteiger partial charge in [0.1, 0.15) is 5.75 Å². The average molecular weight is 332 g/mol. The molecule has 1 aromatic rings. The highest BCUT2D eigenvalue weighted by molar-refractivity contribution is 5.91. The maximum atomic E-state index is 12.2. The summed E-state index contributed by atoms with van der Waals surface area (Å²) in [6.45, 7) is 4.02. The fourth-order valence-corrected chi connectivity index (χ4v) is 2.58. The Kier molecular flexibility index (Phi) is 6.81. The molecule has 0 bridgehead atoms. The van der Waals surface area contributed by atoms with Gasteiger partial charge < -0.3 is 20.1 Å². The third-order valence-electron chi connectivity index (χ3n) is 3.84. The van der Waals surface area contributed by atoms with Crippen LogP contribution in [0.2, 0.25) is 0 Å². The third kappa shape index (κ3) is 5.70. The fourth-order valence-electron chi connectivity index (χ4n) is 2.58. The molecule has 2 N–H and O–H groups in total. The van der Waals surface area contributed by atoms with Crippen LogP contribution in [0.25, 0.3) is 6.08 Å². The number of carbonyl (C=O) groups excluding carboxylic acids is 2. The lowest BCUT2D eigenvalue weighted by Crippen LogP contribution is -2.40. The van der Waals surface area contributed by atoms with Gasteiger partial charge in [0.05, 0.1) is 6.10 Å². The minimum absolute atomic E-state index is 0.0130. The summed E-state index contributed by atoms with van der Waals surface area (Å²) in [5.74, 6) is 0.0620. The summed E-state index contributed by atoms with van der Waals surface area (Å²) in [7, 11) is 0. The minimum Gasteiger partial charge on any atom is -0.484 e. The Labute approximate surface area is 142 Å². The van der Waals surface area contributed by atoms with E-state index in [-0.39, 0.29) is 18.6 Å². The second-order valence-corrected chi connectivity index (χ2v) is 5.64. The van der Waals surface area contributed by atoms with E-state index in [1.54, 1.807) is 24.3 Å². The molecular formula is C18H24N2O4. The first-order chi connectivity index (χ1) is 11.6. The number of piperidine rings is 1. The van der Waals surface area contributed by atoms with Crippen molar-refractivity contribution in [2.75, 3.05) is 26.3 Å². The van der Waals surface area contributed by atoms with Crippen molar-refractivity contribution in [1.82, 2.24) is 4.90 Å². The maximum absolute atomic E-state index is 12.2. The molecule has 0 spiro atoms. The van der Waals surface area contributed by atoms with Crippen molar-refractivity contribution in [3.63, 3.8) is 0 Å². The van der Waals surface area contributed by atoms with E-state index in [1.165, 1.54) is 0 Å². The van der Waals surface area contributed by atoms with Crippen LogP contribution in [0.4, 0.5) is 0 Å². The monoisotopic (exact) mass is 332 g/mol. The first kappa shape index (κ1) is 18.0. The van der Waals surface area contributed by atoms with Crippen molar-refractivity contribution in [1.29, 1.82) is 0 Å². The molecule has 0 aromatic heterocycles. The maximum Gasteiger partial charge on any atom is 0.255 e. The van der Waals surface area contributed by atoms with E-state index >= 15 is 0 Å². The predicted molar refractivity (Wildman–Crippen MR) is 91.4 cm³/mol. The fraction of sp³-hybridized carbons (Fsp3) is 0.444. The molecule has 2 amide bonds. The van der Waals surface area contributed by atoms with Gasteiger partial charge in [-0.05, 0) is 43.5 Å². The van der Waals surface area contributed by atoms with Gasteiger partial charge in [0, 0.05) is 25.8 Å². The zero-order valence-electron chi connectivity index (χ0n) is 13.9. The lowest BCUT2D eigenvalue weighted by Gasteiger charge is -2.31. The number of hydrogen-bond donors (Lipinski definition) is 1. The molecule has 2 rings (SSSR count). The molecule has 0 atom stereocenters. The Hall–Kier alpha value is -2.34. The largest absolute Gasteiger partial charge is 0.484 e. The van der Waals surface area contributed by atoms with Crippen molar-refractivity contribution < 1.29 is 19.1 Å². The summed E-state index contributed by atoms with van der Waals surface area (Å²) in [6.07, 6.45) is 5.41. The van der Waals surface area contributed by atoms with E-state index in [4.69, 9.17) is 15.2 Å². The number of hydrogen-bond acceptors (Lipinski definition) is 4. The SMILES string of the molecule is CCOC1CCN(C(=O)C=Cc2ccc(OCC(N)=O)cc2)CC1. The summed E-state index contributed by atoms with van der Waals surface area (Å²) in [5.41, 5.74) is 5.91. The normalized spacial score (nSPS) is 15.6. The van der Waals surface area contributed by atoms with Crippen molar-refractivity contribution >= 4 is 17.9 Å². The van der Waals surface area contributed by atoms with Gasteiger partial charge in [0.2, 0.25) is 5.91 Å². The van der Waals surface area contributed by atoms with E-state index in [0.717, 1.165) is 38.1 Å². The lowest BCUT2D eigenvalue weighted by atomic mass is 10.1. The Bertz CT molecular complexity index is 575. The quantitative estimate of drug-likeness (QED) is 0.769. The Morgan fingerprint density at radius 3 is 2.50 bits per heavy atom. The Morgan fingerprint density at radius 2 is 1.92 bits per heavy atom. The molecule has 6 heteroatoms. The van der Waals surface area contributed by atoms with Crippen LogP contribution in [0.1, 0.15) is 25.3 Å². The number of rotatable bonds is 7. The van der Waals surface area contributed by atoms with Gasteiger partial charge in [-0.2, -0.15) is 0 Å². The van der Waals surface area contributed by atoms with Gasteiger partial charge in [-0.3, -0.25) is 9.59 Å². The van der Waals surface area contributed by atoms with Gasteiger partial charge in [0.25, 0.3) is 5.91 Å². The molecule has 1 fully saturated rings. The molecule has 6 nitrogen and oxygen atoms in total. The minimum atomic E-state index is -0.516. The number of likely N-dealkylation sites (tertiary alicyclic amines) is 1. The van der Waals surface area contributed by atoms with Crippen LogP contribution in [-0.2, 0) is 14.3 Å². The highest BCUT2D eigenvalue weighted by Gasteiger charge is 2.21. The third-order valence-corrected chi connectivity index (χ3v) is 3.84. The second kappa shape index (κ2) is 9.08. The van der Waals surface area contributed by atoms with E-state index < -0.39 is 5.91 Å². The van der Waals surface area contributed by atoms with Crippen LogP contribution in [0.5, 0.6) is 5.75 Å². The molecule has 1 aliphatic heterocycles. The van der Waals surface area contributed by atoms with Gasteiger partial charge in [0.15, 0.2) is 6.61 Å². The zero-order chi connectivity index (χ0) is 17.4. The number of benzene rings is 1. The van der Waals surface area contributed by atoms with Crippen molar-refractivity contribution in [3.8, 4) is 5.75 Å². The molecule has 1 aromatic carbocycles. The van der Waals surface area contributed by atoms with E-state index in [2.05, 4.69) is 0 Å². The standard InChI is InChI=1S/C18H24N2O4/c1-2-23-16-9-11-20(12-10-16)18(22)8-5-14-3-6-15(7-4-14)24-13-17(19)21/h3-8,16H,2,9-13H2,1H3,(H2,19,21). The van der Waals surface area contributed by atoms with Gasteiger partial charge in [-0.1, -0.05) is 12.1 Å². The summed E-state index contributed by atoms with van der Waals surface area (Å²) in [4.78, 5) is 24.7. The Morgan fingerprint density at radius 1 is 1.25 bits per heavy atom. The molecule has 1 aliphatic rings. The molecule has 1 heterocycles. The van der Waals surface area contributed by atoms with Crippen LogP contribution in [-0.4, -0.2) is 49.1 Å². The van der Waals surface area contributed by atoms with Crippen molar-refractivity contribution in [3.05, 3.63) is 35.9 Å². The number of carbonyl (C=O) groups is 2. The Balaban J connectivity index is 1.82. The van der Waals surface area contributed by atoms with Crippen LogP contribution < -0.4 is 10.5 Å². The van der Waals surface area contributed by atoms with Gasteiger partial charge in [-0.15, -0.1) is 0 Å². The molecule has 130 valence electrons. The topological polar surface area (TPSA) is 81.9 Å². The molecular weight excluding hydrogens is 308 g/mol.